The molecule has 0 fully saturated rings. The van der Waals surface area contributed by atoms with Gasteiger partial charge in [0.25, 0.3) is 0 Å². The number of terminal acetylenes is 1. The molecular weight excluding hydrogens is 301 g/mol. The molecule has 0 amide bonds. The lowest BCUT2D eigenvalue weighted by atomic mass is 10.3. The molecule has 0 bridgehead atoms. The number of carbonyl (C=O) groups is 2. The first kappa shape index (κ1) is 22.4. The van der Waals surface area contributed by atoms with Crippen molar-refractivity contribution < 1.29 is 18.8 Å². The summed E-state index contributed by atoms with van der Waals surface area (Å²) < 4.78 is 10.4. The fourth-order valence-corrected chi connectivity index (χ4v) is 2.26. The van der Waals surface area contributed by atoms with Crippen molar-refractivity contribution >= 4 is 20.6 Å². The lowest BCUT2D eigenvalue weighted by Crippen LogP contribution is -2.23. The average Bonchev–Trinajstić information content (AvgIpc) is 2.58. The summed E-state index contributed by atoms with van der Waals surface area (Å²) in [5.41, 5.74) is 0. The van der Waals surface area contributed by atoms with Gasteiger partial charge in [-0.1, -0.05) is 32.0 Å². The van der Waals surface area contributed by atoms with Crippen LogP contribution >= 0.6 is 8.30 Å². The van der Waals surface area contributed by atoms with Crippen molar-refractivity contribution in [3.8, 4) is 18.6 Å². The van der Waals surface area contributed by atoms with Crippen molar-refractivity contribution in [2.24, 2.45) is 0 Å². The minimum absolute atomic E-state index is 0.0419. The van der Waals surface area contributed by atoms with Crippen LogP contribution in [0, 0.1) is 12.8 Å². The summed E-state index contributed by atoms with van der Waals surface area (Å²) in [5, 5.41) is 2.89. The summed E-state index contributed by atoms with van der Waals surface area (Å²) in [6.07, 6.45) is 9.00. The van der Waals surface area contributed by atoms with E-state index in [0.717, 1.165) is 6.29 Å². The Balaban J connectivity index is 0. The summed E-state index contributed by atoms with van der Waals surface area (Å²) in [4.78, 5) is 21.7. The molecule has 1 N–H and O–H groups in total. The van der Waals surface area contributed by atoms with Gasteiger partial charge in [-0.25, -0.2) is 0 Å². The van der Waals surface area contributed by atoms with Crippen molar-refractivity contribution in [2.75, 3.05) is 19.3 Å². The number of aldehydes is 1. The molecule has 0 heterocycles. The topological polar surface area (TPSA) is 64.6 Å². The van der Waals surface area contributed by atoms with Crippen molar-refractivity contribution in [3.05, 3.63) is 30.3 Å². The largest absolute Gasteiger partial charge is 0.465 e. The van der Waals surface area contributed by atoms with Gasteiger partial charge in [0.05, 0.1) is 12.8 Å². The summed E-state index contributed by atoms with van der Waals surface area (Å²) >= 11 is 0. The second-order valence-electron chi connectivity index (χ2n) is 3.27. The van der Waals surface area contributed by atoms with Gasteiger partial charge in [0, 0.05) is 0 Å². The molecule has 0 aliphatic rings. The van der Waals surface area contributed by atoms with Crippen molar-refractivity contribution in [2.45, 2.75) is 20.8 Å². The number of hydrogen-bond acceptors (Lipinski definition) is 5. The lowest BCUT2D eigenvalue weighted by molar-refractivity contribution is -0.141. The third kappa shape index (κ3) is 11.9. The minimum Gasteiger partial charge on any atom is -0.465 e. The smallest absolute Gasteiger partial charge is 0.320 e. The van der Waals surface area contributed by atoms with Crippen LogP contribution in [-0.2, 0) is 14.3 Å². The van der Waals surface area contributed by atoms with Gasteiger partial charge in [-0.2, -0.15) is 0 Å². The predicted octanol–water partition coefficient (Wildman–Crippen LogP) is 3.00. The first-order valence-electron chi connectivity index (χ1n) is 6.93. The Kier molecular flexibility index (Phi) is 17.5. The molecule has 1 aromatic rings. The van der Waals surface area contributed by atoms with Crippen molar-refractivity contribution in [1.29, 1.82) is 0 Å². The SMILES string of the molecule is C#C.CC.CCOC(=O)CNP(CC=O)Oc1ccccc1. The Morgan fingerprint density at radius 2 is 1.86 bits per heavy atom. The van der Waals surface area contributed by atoms with E-state index < -0.39 is 8.30 Å². The number of ether oxygens (including phenoxy) is 1. The molecule has 1 unspecified atom stereocenters. The maximum absolute atomic E-state index is 11.2. The third-order valence-electron chi connectivity index (χ3n) is 1.90. The fraction of sp³-hybridized carbons (Fsp3) is 0.375. The second kappa shape index (κ2) is 17.2. The lowest BCUT2D eigenvalue weighted by Gasteiger charge is -2.16. The van der Waals surface area contributed by atoms with E-state index in [0.29, 0.717) is 12.4 Å². The zero-order chi connectivity index (χ0) is 17.2. The maximum Gasteiger partial charge on any atom is 0.320 e. The van der Waals surface area contributed by atoms with Gasteiger partial charge in [0.15, 0.2) is 8.30 Å². The Morgan fingerprint density at radius 3 is 2.36 bits per heavy atom. The number of nitrogens with one attached hydrogen (secondary N) is 1. The highest BCUT2D eigenvalue weighted by Gasteiger charge is 2.12. The maximum atomic E-state index is 11.2. The van der Waals surface area contributed by atoms with Gasteiger partial charge in [-0.05, 0) is 19.1 Å². The summed E-state index contributed by atoms with van der Waals surface area (Å²) in [7, 11) is -1.20. The standard InChI is InChI=1S/C12H16NO4P.C2H6.C2H2/c1-2-16-12(15)10-13-18(9-8-14)17-11-6-4-3-5-7-11;2*1-2/h3-8,13H,2,9-10H2,1H3;1-2H3;1-2H. The van der Waals surface area contributed by atoms with Crippen molar-refractivity contribution in [1.82, 2.24) is 5.09 Å². The molecule has 6 heteroatoms. The number of carbonyl (C=O) groups excluding carboxylic acids is 2. The van der Waals surface area contributed by atoms with Crippen LogP contribution in [0.25, 0.3) is 0 Å². The number of para-hydroxylation sites is 1. The quantitative estimate of drug-likeness (QED) is 0.344. The Hall–Kier alpha value is -1.89. The van der Waals surface area contributed by atoms with Crippen LogP contribution in [-0.4, -0.2) is 31.6 Å². The van der Waals surface area contributed by atoms with Crippen LogP contribution in [0.2, 0.25) is 0 Å². The summed E-state index contributed by atoms with van der Waals surface area (Å²) in [6.45, 7) is 6.12. The molecule has 0 spiro atoms. The Labute approximate surface area is 134 Å². The molecule has 0 saturated heterocycles. The Bertz CT molecular complexity index is 409. The van der Waals surface area contributed by atoms with E-state index in [2.05, 4.69) is 17.9 Å². The second-order valence-corrected chi connectivity index (χ2v) is 4.89. The van der Waals surface area contributed by atoms with E-state index in [9.17, 15) is 9.59 Å². The Morgan fingerprint density at radius 1 is 1.27 bits per heavy atom. The molecular formula is C16H24NO4P. The van der Waals surface area contributed by atoms with Gasteiger partial charge < -0.3 is 14.1 Å². The van der Waals surface area contributed by atoms with Crippen LogP contribution in [0.1, 0.15) is 20.8 Å². The van der Waals surface area contributed by atoms with E-state index in [1.165, 1.54) is 0 Å². The average molecular weight is 325 g/mol. The molecule has 5 nitrogen and oxygen atoms in total. The molecule has 1 aromatic carbocycles. The van der Waals surface area contributed by atoms with Gasteiger partial charge in [0.2, 0.25) is 0 Å². The first-order valence-corrected chi connectivity index (χ1v) is 8.37. The molecule has 0 saturated carbocycles. The number of esters is 1. The molecule has 0 aliphatic heterocycles. The predicted molar refractivity (Wildman–Crippen MR) is 90.8 cm³/mol. The van der Waals surface area contributed by atoms with Gasteiger partial charge in [0.1, 0.15) is 18.6 Å². The molecule has 22 heavy (non-hydrogen) atoms. The number of hydrogen-bond donors (Lipinski definition) is 1. The van der Waals surface area contributed by atoms with E-state index >= 15 is 0 Å². The van der Waals surface area contributed by atoms with Crippen LogP contribution in [0.5, 0.6) is 5.75 Å². The zero-order valence-corrected chi connectivity index (χ0v) is 14.2. The van der Waals surface area contributed by atoms with Crippen molar-refractivity contribution in [3.63, 3.8) is 0 Å². The monoisotopic (exact) mass is 325 g/mol. The highest BCUT2D eigenvalue weighted by atomic mass is 31.2. The normalized spacial score (nSPS) is 9.86. The van der Waals surface area contributed by atoms with Crippen LogP contribution < -0.4 is 9.61 Å². The molecule has 0 aromatic heterocycles. The van der Waals surface area contributed by atoms with Crippen LogP contribution in [0.3, 0.4) is 0 Å². The summed E-state index contributed by atoms with van der Waals surface area (Å²) in [6, 6.07) is 9.16. The van der Waals surface area contributed by atoms with E-state index in [1.54, 1.807) is 19.1 Å². The molecule has 1 atom stereocenters. The number of rotatable bonds is 8. The van der Waals surface area contributed by atoms with Gasteiger partial charge >= 0.3 is 5.97 Å². The molecule has 0 aliphatic carbocycles. The van der Waals surface area contributed by atoms with Gasteiger partial charge in [-0.3, -0.25) is 9.88 Å². The van der Waals surface area contributed by atoms with Gasteiger partial charge in [-0.15, -0.1) is 12.8 Å². The van der Waals surface area contributed by atoms with Crippen LogP contribution in [0.4, 0.5) is 0 Å². The highest BCUT2D eigenvalue weighted by molar-refractivity contribution is 7.51. The third-order valence-corrected chi connectivity index (χ3v) is 3.33. The molecule has 0 radical (unpaired) electrons. The summed E-state index contributed by atoms with van der Waals surface area (Å²) in [5.74, 6) is 0.314. The molecule has 122 valence electrons. The highest BCUT2D eigenvalue weighted by Crippen LogP contribution is 2.32. The molecule has 1 rings (SSSR count). The van der Waals surface area contributed by atoms with Crippen LogP contribution in [0.15, 0.2) is 30.3 Å². The van der Waals surface area contributed by atoms with E-state index in [-0.39, 0.29) is 18.7 Å². The number of benzene rings is 1. The van der Waals surface area contributed by atoms with E-state index in [4.69, 9.17) is 9.26 Å². The minimum atomic E-state index is -1.20. The first-order chi connectivity index (χ1) is 10.8. The fourth-order valence-electron chi connectivity index (χ4n) is 1.18. The zero-order valence-electron chi connectivity index (χ0n) is 13.3. The van der Waals surface area contributed by atoms with E-state index in [1.807, 2.05) is 32.0 Å².